The molecule has 0 saturated heterocycles. The van der Waals surface area contributed by atoms with E-state index in [4.69, 9.17) is 12.8 Å². The van der Waals surface area contributed by atoms with Gasteiger partial charge >= 0.3 is 0 Å². The van der Waals surface area contributed by atoms with Gasteiger partial charge in [-0.05, 0) is 26.7 Å². The van der Waals surface area contributed by atoms with Gasteiger partial charge in [-0.2, -0.15) is 0 Å². The fraction of sp³-hybridized carbons (Fsp3) is 0.444. The van der Waals surface area contributed by atoms with Crippen molar-refractivity contribution in [3.8, 4) is 24.7 Å². The number of hydrogen-bond donors (Lipinski definition) is 2. The van der Waals surface area contributed by atoms with Crippen molar-refractivity contribution in [2.24, 2.45) is 0 Å². The number of unbranched alkanes of at least 4 members (excludes halogenated alkanes) is 2. The Morgan fingerprint density at radius 1 is 0.864 bits per heavy atom. The Morgan fingerprint density at radius 3 is 1.55 bits per heavy atom. The minimum atomic E-state index is -0.146. The Balaban J connectivity index is 3.97. The third-order valence-electron chi connectivity index (χ3n) is 2.89. The zero-order valence-corrected chi connectivity index (χ0v) is 13.4. The molecule has 0 fully saturated rings. The Hall–Kier alpha value is -2.46. The SMILES string of the molecule is C#CCC/C=C(\C)C(=O)NCCNC(=O)/C(C)=C/CCC#C. The molecule has 2 N–H and O–H groups in total. The highest BCUT2D eigenvalue weighted by atomic mass is 16.2. The van der Waals surface area contributed by atoms with Crippen molar-refractivity contribution in [3.05, 3.63) is 23.3 Å². The van der Waals surface area contributed by atoms with E-state index in [1.54, 1.807) is 13.8 Å². The van der Waals surface area contributed by atoms with Gasteiger partial charge in [-0.15, -0.1) is 24.7 Å². The zero-order chi connectivity index (χ0) is 16.8. The predicted octanol–water partition coefficient (Wildman–Crippen LogP) is 1.94. The molecule has 0 aliphatic heterocycles. The fourth-order valence-corrected chi connectivity index (χ4v) is 1.56. The van der Waals surface area contributed by atoms with E-state index in [0.29, 0.717) is 49.9 Å². The summed E-state index contributed by atoms with van der Waals surface area (Å²) in [6, 6.07) is 0. The largest absolute Gasteiger partial charge is 0.351 e. The molecule has 0 aromatic heterocycles. The summed E-state index contributed by atoms with van der Waals surface area (Å²) in [5, 5.41) is 5.47. The van der Waals surface area contributed by atoms with Crippen molar-refractivity contribution in [3.63, 3.8) is 0 Å². The molecule has 0 aromatic carbocycles. The summed E-state index contributed by atoms with van der Waals surface area (Å²) in [7, 11) is 0. The molecule has 4 heteroatoms. The Bertz CT molecular complexity index is 468. The van der Waals surface area contributed by atoms with Crippen LogP contribution in [0.2, 0.25) is 0 Å². The van der Waals surface area contributed by atoms with Crippen LogP contribution in [0, 0.1) is 24.7 Å². The second kappa shape index (κ2) is 12.3. The molecule has 0 aliphatic carbocycles. The molecule has 0 rings (SSSR count). The second-order valence-electron chi connectivity index (χ2n) is 4.77. The van der Waals surface area contributed by atoms with Gasteiger partial charge in [-0.25, -0.2) is 0 Å². The molecular formula is C18H24N2O2. The normalized spacial score (nSPS) is 11.3. The highest BCUT2D eigenvalue weighted by Gasteiger charge is 2.05. The molecule has 0 saturated carbocycles. The maximum absolute atomic E-state index is 11.7. The maximum Gasteiger partial charge on any atom is 0.246 e. The topological polar surface area (TPSA) is 58.2 Å². The van der Waals surface area contributed by atoms with Crippen molar-refractivity contribution in [1.82, 2.24) is 10.6 Å². The van der Waals surface area contributed by atoms with Gasteiger partial charge < -0.3 is 10.6 Å². The van der Waals surface area contributed by atoms with E-state index in [2.05, 4.69) is 22.5 Å². The second-order valence-corrected chi connectivity index (χ2v) is 4.77. The fourth-order valence-electron chi connectivity index (χ4n) is 1.56. The highest BCUT2D eigenvalue weighted by molar-refractivity contribution is 5.93. The quantitative estimate of drug-likeness (QED) is 0.388. The molecule has 0 bridgehead atoms. The van der Waals surface area contributed by atoms with Crippen LogP contribution in [0.3, 0.4) is 0 Å². The minimum Gasteiger partial charge on any atom is -0.351 e. The molecular weight excluding hydrogens is 276 g/mol. The number of terminal acetylenes is 2. The van der Waals surface area contributed by atoms with E-state index in [9.17, 15) is 9.59 Å². The lowest BCUT2D eigenvalue weighted by atomic mass is 10.2. The standard InChI is InChI=1S/C18H24N2O2/c1-5-7-9-11-15(3)17(21)19-13-14-20-18(22)16(4)12-10-8-6-2/h1-2,11-12H,7-10,13-14H2,3-4H3,(H,19,21)(H,20,22)/b15-11+,16-12+. The van der Waals surface area contributed by atoms with Crippen LogP contribution in [0.15, 0.2) is 23.3 Å². The summed E-state index contributed by atoms with van der Waals surface area (Å²) in [5.41, 5.74) is 1.26. The molecule has 0 unspecified atom stereocenters. The summed E-state index contributed by atoms with van der Waals surface area (Å²) in [6.07, 6.45) is 16.5. The van der Waals surface area contributed by atoms with Crippen LogP contribution in [0.1, 0.15) is 39.5 Å². The van der Waals surface area contributed by atoms with Crippen molar-refractivity contribution >= 4 is 11.8 Å². The van der Waals surface area contributed by atoms with Crippen LogP contribution in [-0.2, 0) is 9.59 Å². The van der Waals surface area contributed by atoms with Gasteiger partial charge in [0.2, 0.25) is 11.8 Å². The summed E-state index contributed by atoms with van der Waals surface area (Å²) in [6.45, 7) is 4.23. The van der Waals surface area contributed by atoms with E-state index >= 15 is 0 Å². The first-order valence-electron chi connectivity index (χ1n) is 7.29. The average molecular weight is 300 g/mol. The first-order chi connectivity index (χ1) is 10.5. The molecule has 0 aromatic rings. The van der Waals surface area contributed by atoms with E-state index in [1.165, 1.54) is 0 Å². The molecule has 22 heavy (non-hydrogen) atoms. The van der Waals surface area contributed by atoms with Gasteiger partial charge in [0.15, 0.2) is 0 Å². The Kier molecular flexibility index (Phi) is 10.9. The lowest BCUT2D eigenvalue weighted by molar-refractivity contribution is -0.119. The number of allylic oxidation sites excluding steroid dienone is 2. The molecule has 0 aliphatic rings. The number of carbonyl (C=O) groups is 2. The van der Waals surface area contributed by atoms with Gasteiger partial charge in [0.1, 0.15) is 0 Å². The lowest BCUT2D eigenvalue weighted by Gasteiger charge is -2.07. The average Bonchev–Trinajstić information content (AvgIpc) is 2.51. The van der Waals surface area contributed by atoms with Crippen molar-refractivity contribution in [1.29, 1.82) is 0 Å². The van der Waals surface area contributed by atoms with Crippen LogP contribution in [0.25, 0.3) is 0 Å². The smallest absolute Gasteiger partial charge is 0.246 e. The number of rotatable bonds is 9. The molecule has 0 radical (unpaired) electrons. The van der Waals surface area contributed by atoms with Gasteiger partial charge in [0, 0.05) is 37.1 Å². The van der Waals surface area contributed by atoms with Gasteiger partial charge in [-0.3, -0.25) is 9.59 Å². The van der Waals surface area contributed by atoms with Crippen LogP contribution >= 0.6 is 0 Å². The Labute approximate surface area is 133 Å². The first kappa shape index (κ1) is 19.5. The predicted molar refractivity (Wildman–Crippen MR) is 89.7 cm³/mol. The molecule has 0 atom stereocenters. The summed E-state index contributed by atoms with van der Waals surface area (Å²) >= 11 is 0. The monoisotopic (exact) mass is 300 g/mol. The van der Waals surface area contributed by atoms with E-state index in [0.717, 1.165) is 0 Å². The van der Waals surface area contributed by atoms with Crippen LogP contribution < -0.4 is 10.6 Å². The zero-order valence-electron chi connectivity index (χ0n) is 13.4. The molecule has 2 amide bonds. The number of nitrogens with one attached hydrogen (secondary N) is 2. The van der Waals surface area contributed by atoms with Gasteiger partial charge in [-0.1, -0.05) is 12.2 Å². The number of amides is 2. The lowest BCUT2D eigenvalue weighted by Crippen LogP contribution is -2.35. The highest BCUT2D eigenvalue weighted by Crippen LogP contribution is 1.99. The first-order valence-corrected chi connectivity index (χ1v) is 7.29. The molecule has 118 valence electrons. The summed E-state index contributed by atoms with van der Waals surface area (Å²) in [4.78, 5) is 23.4. The van der Waals surface area contributed by atoms with Crippen LogP contribution in [-0.4, -0.2) is 24.9 Å². The Morgan fingerprint density at radius 2 is 1.23 bits per heavy atom. The molecule has 0 heterocycles. The van der Waals surface area contributed by atoms with Crippen LogP contribution in [0.5, 0.6) is 0 Å². The number of hydrogen-bond acceptors (Lipinski definition) is 2. The van der Waals surface area contributed by atoms with E-state index < -0.39 is 0 Å². The summed E-state index contributed by atoms with van der Waals surface area (Å²) in [5.74, 6) is 4.74. The van der Waals surface area contributed by atoms with Crippen molar-refractivity contribution < 1.29 is 9.59 Å². The number of carbonyl (C=O) groups excluding carboxylic acids is 2. The van der Waals surface area contributed by atoms with E-state index in [-0.39, 0.29) is 11.8 Å². The van der Waals surface area contributed by atoms with Crippen molar-refractivity contribution in [2.45, 2.75) is 39.5 Å². The van der Waals surface area contributed by atoms with Gasteiger partial charge in [0.05, 0.1) is 0 Å². The summed E-state index contributed by atoms with van der Waals surface area (Å²) < 4.78 is 0. The minimum absolute atomic E-state index is 0.146. The van der Waals surface area contributed by atoms with Crippen LogP contribution in [0.4, 0.5) is 0 Å². The van der Waals surface area contributed by atoms with Gasteiger partial charge in [0.25, 0.3) is 0 Å². The van der Waals surface area contributed by atoms with Crippen molar-refractivity contribution in [2.75, 3.05) is 13.1 Å². The third-order valence-corrected chi connectivity index (χ3v) is 2.89. The maximum atomic E-state index is 11.7. The molecule has 0 spiro atoms. The molecule has 4 nitrogen and oxygen atoms in total. The van der Waals surface area contributed by atoms with E-state index in [1.807, 2.05) is 12.2 Å². The third kappa shape index (κ3) is 9.44.